The van der Waals surface area contributed by atoms with E-state index in [1.807, 2.05) is 5.48 Å². The molecule has 0 aliphatic carbocycles. The number of carboxylic acid groups (broad SMARTS) is 1. The van der Waals surface area contributed by atoms with Crippen molar-refractivity contribution in [3.8, 4) is 0 Å². The maximum atomic E-state index is 11.2. The molecule has 0 spiro atoms. The largest absolute Gasteiger partial charge is 0.479 e. The van der Waals surface area contributed by atoms with E-state index in [-0.39, 0.29) is 5.56 Å². The summed E-state index contributed by atoms with van der Waals surface area (Å²) in [7, 11) is 0. The van der Waals surface area contributed by atoms with Gasteiger partial charge >= 0.3 is 5.97 Å². The van der Waals surface area contributed by atoms with Crippen LogP contribution in [0.4, 0.5) is 0 Å². The summed E-state index contributed by atoms with van der Waals surface area (Å²) in [5, 5.41) is 8.21. The Labute approximate surface area is 83.6 Å². The van der Waals surface area contributed by atoms with Gasteiger partial charge in [-0.05, 0) is 12.1 Å². The summed E-state index contributed by atoms with van der Waals surface area (Å²) in [6.07, 6.45) is 1.37. The lowest BCUT2D eigenvalue weighted by Crippen LogP contribution is -2.31. The second kappa shape index (κ2) is 4.91. The van der Waals surface area contributed by atoms with Crippen molar-refractivity contribution in [2.75, 3.05) is 6.61 Å². The van der Waals surface area contributed by atoms with Crippen LogP contribution < -0.4 is 11.0 Å². The van der Waals surface area contributed by atoms with Crippen LogP contribution in [0.1, 0.15) is 10.4 Å². The molecule has 15 heavy (non-hydrogen) atoms. The monoisotopic (exact) mass is 212 g/mol. The van der Waals surface area contributed by atoms with E-state index >= 15 is 0 Å². The van der Waals surface area contributed by atoms with Crippen LogP contribution in [0.25, 0.3) is 0 Å². The van der Waals surface area contributed by atoms with Crippen LogP contribution in [0.2, 0.25) is 0 Å². The van der Waals surface area contributed by atoms with Crippen molar-refractivity contribution < 1.29 is 19.5 Å². The maximum absolute atomic E-state index is 11.2. The van der Waals surface area contributed by atoms with Crippen LogP contribution in [0, 0.1) is 0 Å². The number of aliphatic carboxylic acids is 1. The SMILES string of the molecule is O=C(O)CONC(=O)c1ccc[nH]c1=O. The number of hydrogen-bond acceptors (Lipinski definition) is 4. The molecule has 0 aliphatic rings. The van der Waals surface area contributed by atoms with E-state index in [1.54, 1.807) is 0 Å². The molecule has 3 N–H and O–H groups in total. The van der Waals surface area contributed by atoms with Crippen LogP contribution in [0.15, 0.2) is 23.1 Å². The highest BCUT2D eigenvalue weighted by Crippen LogP contribution is 1.88. The molecule has 80 valence electrons. The number of pyridine rings is 1. The Balaban J connectivity index is 2.58. The average molecular weight is 212 g/mol. The van der Waals surface area contributed by atoms with Crippen LogP contribution in [0.5, 0.6) is 0 Å². The number of carboxylic acids is 1. The summed E-state index contributed by atoms with van der Waals surface area (Å²) in [5.74, 6) is -2.02. The van der Waals surface area contributed by atoms with Crippen LogP contribution >= 0.6 is 0 Å². The van der Waals surface area contributed by atoms with Crippen molar-refractivity contribution in [3.63, 3.8) is 0 Å². The molecule has 0 unspecified atom stereocenters. The zero-order valence-corrected chi connectivity index (χ0v) is 7.52. The molecule has 7 heteroatoms. The fourth-order valence-corrected chi connectivity index (χ4v) is 0.819. The average Bonchev–Trinajstić information content (AvgIpc) is 2.17. The predicted octanol–water partition coefficient (Wildman–Crippen LogP) is -0.879. The number of nitrogens with one attached hydrogen (secondary N) is 2. The van der Waals surface area contributed by atoms with Crippen molar-refractivity contribution in [1.82, 2.24) is 10.5 Å². The Bertz CT molecular complexity index is 425. The summed E-state index contributed by atoms with van der Waals surface area (Å²) in [4.78, 5) is 38.9. The van der Waals surface area contributed by atoms with Gasteiger partial charge in [0.2, 0.25) is 0 Å². The molecular weight excluding hydrogens is 204 g/mol. The molecular formula is C8H8N2O5. The minimum atomic E-state index is -1.22. The Kier molecular flexibility index (Phi) is 3.58. The Hall–Kier alpha value is -2.15. The first-order valence-electron chi connectivity index (χ1n) is 3.93. The van der Waals surface area contributed by atoms with E-state index in [2.05, 4.69) is 9.82 Å². The van der Waals surface area contributed by atoms with Crippen molar-refractivity contribution in [2.45, 2.75) is 0 Å². The van der Waals surface area contributed by atoms with E-state index in [0.29, 0.717) is 0 Å². The highest BCUT2D eigenvalue weighted by molar-refractivity contribution is 5.93. The van der Waals surface area contributed by atoms with Crippen molar-refractivity contribution in [3.05, 3.63) is 34.2 Å². The van der Waals surface area contributed by atoms with Gasteiger partial charge in [0.15, 0.2) is 6.61 Å². The molecule has 0 fully saturated rings. The number of hydroxylamine groups is 1. The fraction of sp³-hybridized carbons (Fsp3) is 0.125. The summed E-state index contributed by atoms with van der Waals surface area (Å²) in [6, 6.07) is 2.76. The van der Waals surface area contributed by atoms with Crippen molar-refractivity contribution in [1.29, 1.82) is 0 Å². The third kappa shape index (κ3) is 3.24. The number of aromatic amines is 1. The second-order valence-electron chi connectivity index (χ2n) is 2.53. The normalized spacial score (nSPS) is 9.60. The van der Waals surface area contributed by atoms with E-state index in [1.165, 1.54) is 18.3 Å². The molecule has 0 saturated heterocycles. The fourth-order valence-electron chi connectivity index (χ4n) is 0.819. The minimum Gasteiger partial charge on any atom is -0.479 e. The maximum Gasteiger partial charge on any atom is 0.332 e. The molecule has 7 nitrogen and oxygen atoms in total. The van der Waals surface area contributed by atoms with Gasteiger partial charge in [0.25, 0.3) is 11.5 Å². The number of amides is 1. The smallest absolute Gasteiger partial charge is 0.332 e. The van der Waals surface area contributed by atoms with Gasteiger partial charge in [-0.2, -0.15) is 0 Å². The standard InChI is InChI=1S/C8H8N2O5/c11-6(12)4-15-10-8(14)5-2-1-3-9-7(5)13/h1-3H,4H2,(H,9,13)(H,10,14)(H,11,12). The highest BCUT2D eigenvalue weighted by Gasteiger charge is 2.09. The topological polar surface area (TPSA) is 108 Å². The molecule has 1 aromatic rings. The molecule has 0 radical (unpaired) electrons. The Morgan fingerprint density at radius 2 is 2.27 bits per heavy atom. The van der Waals surface area contributed by atoms with Gasteiger partial charge in [0.1, 0.15) is 5.56 Å². The molecule has 1 aromatic heterocycles. The number of aromatic nitrogens is 1. The van der Waals surface area contributed by atoms with Gasteiger partial charge in [-0.1, -0.05) is 0 Å². The number of rotatable bonds is 4. The van der Waals surface area contributed by atoms with Crippen LogP contribution in [-0.2, 0) is 9.63 Å². The summed E-state index contributed by atoms with van der Waals surface area (Å²) >= 11 is 0. The lowest BCUT2D eigenvalue weighted by atomic mass is 10.3. The molecule has 1 heterocycles. The summed E-state index contributed by atoms with van der Waals surface area (Å²) < 4.78 is 0. The molecule has 0 bridgehead atoms. The quantitative estimate of drug-likeness (QED) is 0.561. The zero-order chi connectivity index (χ0) is 11.3. The van der Waals surface area contributed by atoms with Gasteiger partial charge in [0.05, 0.1) is 0 Å². The van der Waals surface area contributed by atoms with Crippen molar-refractivity contribution >= 4 is 11.9 Å². The molecule has 0 aliphatic heterocycles. The Morgan fingerprint density at radius 1 is 1.53 bits per heavy atom. The van der Waals surface area contributed by atoms with Crippen molar-refractivity contribution in [2.24, 2.45) is 0 Å². The lowest BCUT2D eigenvalue weighted by Gasteiger charge is -2.02. The number of H-pyrrole nitrogens is 1. The number of carbonyl (C=O) groups is 2. The first-order chi connectivity index (χ1) is 7.11. The summed E-state index contributed by atoms with van der Waals surface area (Å²) in [6.45, 7) is -0.670. The first kappa shape index (κ1) is 10.9. The predicted molar refractivity (Wildman–Crippen MR) is 48.1 cm³/mol. The van der Waals surface area contributed by atoms with E-state index < -0.39 is 24.0 Å². The lowest BCUT2D eigenvalue weighted by molar-refractivity contribution is -0.144. The Morgan fingerprint density at radius 3 is 2.87 bits per heavy atom. The summed E-state index contributed by atoms with van der Waals surface area (Å²) in [5.41, 5.74) is 1.11. The van der Waals surface area contributed by atoms with Crippen LogP contribution in [0.3, 0.4) is 0 Å². The first-order valence-corrected chi connectivity index (χ1v) is 3.93. The highest BCUT2D eigenvalue weighted by atomic mass is 16.7. The second-order valence-corrected chi connectivity index (χ2v) is 2.53. The molecule has 0 saturated carbocycles. The van der Waals surface area contributed by atoms with E-state index in [9.17, 15) is 14.4 Å². The molecule has 1 rings (SSSR count). The third-order valence-corrected chi connectivity index (χ3v) is 1.42. The zero-order valence-electron chi connectivity index (χ0n) is 7.52. The van der Waals surface area contributed by atoms with Gasteiger partial charge in [-0.15, -0.1) is 0 Å². The number of hydrogen-bond donors (Lipinski definition) is 3. The van der Waals surface area contributed by atoms with Gasteiger partial charge in [0, 0.05) is 6.20 Å². The van der Waals surface area contributed by atoms with Gasteiger partial charge < -0.3 is 10.1 Å². The third-order valence-electron chi connectivity index (χ3n) is 1.42. The van der Waals surface area contributed by atoms with Gasteiger partial charge in [-0.25, -0.2) is 10.3 Å². The molecule has 0 atom stereocenters. The van der Waals surface area contributed by atoms with Gasteiger partial charge in [-0.3, -0.25) is 14.4 Å². The van der Waals surface area contributed by atoms with E-state index in [0.717, 1.165) is 0 Å². The molecule has 0 aromatic carbocycles. The van der Waals surface area contributed by atoms with Crippen LogP contribution in [-0.4, -0.2) is 28.6 Å². The van der Waals surface area contributed by atoms with E-state index in [4.69, 9.17) is 5.11 Å². The minimum absolute atomic E-state index is 0.150. The number of carbonyl (C=O) groups excluding carboxylic acids is 1. The molecule has 1 amide bonds.